The molecule has 1 rings (SSSR count). The van der Waals surface area contributed by atoms with E-state index in [4.69, 9.17) is 15.5 Å². The van der Waals surface area contributed by atoms with Crippen LogP contribution in [0.5, 0.6) is 5.75 Å². The molecule has 1 unspecified atom stereocenters. The van der Waals surface area contributed by atoms with Crippen LogP contribution in [-0.4, -0.2) is 16.2 Å². The summed E-state index contributed by atoms with van der Waals surface area (Å²) >= 11 is 0. The van der Waals surface area contributed by atoms with Gasteiger partial charge in [0.05, 0.1) is 6.07 Å². The van der Waals surface area contributed by atoms with Crippen molar-refractivity contribution in [2.75, 3.05) is 0 Å². The number of aliphatic carboxylic acids is 1. The van der Waals surface area contributed by atoms with Gasteiger partial charge < -0.3 is 10.2 Å². The molecule has 0 heterocycles. The first-order valence-electron chi connectivity index (χ1n) is 4.23. The Morgan fingerprint density at radius 3 is 2.47 bits per heavy atom. The van der Waals surface area contributed by atoms with Gasteiger partial charge in [0.1, 0.15) is 5.75 Å². The summed E-state index contributed by atoms with van der Waals surface area (Å²) in [5.41, 5.74) is 0.731. The summed E-state index contributed by atoms with van der Waals surface area (Å²) in [5, 5.41) is 26.1. The minimum absolute atomic E-state index is 0.141. The van der Waals surface area contributed by atoms with Crippen molar-refractivity contribution in [1.82, 2.24) is 0 Å². The molecule has 0 saturated carbocycles. The first-order chi connectivity index (χ1) is 7.13. The highest BCUT2D eigenvalue weighted by Gasteiger charge is 2.11. The minimum Gasteiger partial charge on any atom is -0.508 e. The number of rotatable bonds is 3. The fourth-order valence-corrected chi connectivity index (χ4v) is 0.973. The van der Waals surface area contributed by atoms with Gasteiger partial charge in [0.2, 0.25) is 0 Å². The Morgan fingerprint density at radius 1 is 1.40 bits per heavy atom. The smallest absolute Gasteiger partial charge is 0.324 e. The third-order valence-electron chi connectivity index (χ3n) is 1.78. The van der Waals surface area contributed by atoms with Crippen LogP contribution in [0.15, 0.2) is 30.3 Å². The van der Waals surface area contributed by atoms with Gasteiger partial charge in [-0.05, 0) is 17.7 Å². The maximum Gasteiger partial charge on any atom is 0.324 e. The third kappa shape index (κ3) is 3.16. The number of phenolic OH excluding ortho intramolecular Hbond substituents is 1. The summed E-state index contributed by atoms with van der Waals surface area (Å²) < 4.78 is 0. The van der Waals surface area contributed by atoms with Gasteiger partial charge in [-0.3, -0.25) is 4.79 Å². The Bertz CT molecular complexity index is 414. The van der Waals surface area contributed by atoms with Crippen molar-refractivity contribution in [3.63, 3.8) is 0 Å². The lowest BCUT2D eigenvalue weighted by Gasteiger charge is -1.96. The Balaban J connectivity index is 2.77. The average molecular weight is 203 g/mol. The second kappa shape index (κ2) is 4.82. The number of carboxylic acid groups (broad SMARTS) is 1. The van der Waals surface area contributed by atoms with Crippen LogP contribution in [-0.2, 0) is 4.79 Å². The zero-order valence-corrected chi connectivity index (χ0v) is 7.79. The van der Waals surface area contributed by atoms with Crippen LogP contribution in [0.25, 0.3) is 6.08 Å². The van der Waals surface area contributed by atoms with E-state index in [9.17, 15) is 4.79 Å². The molecule has 0 spiro atoms. The summed E-state index contributed by atoms with van der Waals surface area (Å²) in [6.07, 6.45) is 2.83. The van der Waals surface area contributed by atoms with Crippen molar-refractivity contribution in [2.24, 2.45) is 5.92 Å². The van der Waals surface area contributed by atoms with Gasteiger partial charge in [0.15, 0.2) is 5.92 Å². The molecule has 0 radical (unpaired) electrons. The van der Waals surface area contributed by atoms with Crippen LogP contribution in [0, 0.1) is 17.2 Å². The Hall–Kier alpha value is -2.28. The van der Waals surface area contributed by atoms with Gasteiger partial charge in [-0.2, -0.15) is 5.26 Å². The Kier molecular flexibility index (Phi) is 3.47. The van der Waals surface area contributed by atoms with Crippen LogP contribution in [0.3, 0.4) is 0 Å². The van der Waals surface area contributed by atoms with Crippen molar-refractivity contribution in [3.8, 4) is 11.8 Å². The van der Waals surface area contributed by atoms with E-state index in [-0.39, 0.29) is 5.75 Å². The zero-order chi connectivity index (χ0) is 11.3. The SMILES string of the molecule is N#CC(/C=C/c1ccc(O)cc1)C(=O)O. The molecule has 0 aliphatic rings. The summed E-state index contributed by atoms with van der Waals surface area (Å²) in [6, 6.07) is 7.88. The first-order valence-corrected chi connectivity index (χ1v) is 4.23. The maximum absolute atomic E-state index is 10.5. The van der Waals surface area contributed by atoms with Gasteiger partial charge in [-0.25, -0.2) is 0 Å². The van der Waals surface area contributed by atoms with Crippen molar-refractivity contribution in [1.29, 1.82) is 5.26 Å². The maximum atomic E-state index is 10.5. The fraction of sp³-hybridized carbons (Fsp3) is 0.0909. The molecule has 0 fully saturated rings. The van der Waals surface area contributed by atoms with Crippen molar-refractivity contribution < 1.29 is 15.0 Å². The van der Waals surface area contributed by atoms with E-state index in [1.165, 1.54) is 24.3 Å². The van der Waals surface area contributed by atoms with Crippen molar-refractivity contribution in [2.45, 2.75) is 0 Å². The molecule has 1 aromatic carbocycles. The van der Waals surface area contributed by atoms with Crippen LogP contribution < -0.4 is 0 Å². The van der Waals surface area contributed by atoms with E-state index in [0.717, 1.165) is 5.56 Å². The predicted molar refractivity (Wildman–Crippen MR) is 53.9 cm³/mol. The Morgan fingerprint density at radius 2 is 2.00 bits per heavy atom. The van der Waals surface area contributed by atoms with Gasteiger partial charge >= 0.3 is 5.97 Å². The summed E-state index contributed by atoms with van der Waals surface area (Å²) in [5.74, 6) is -2.17. The third-order valence-corrected chi connectivity index (χ3v) is 1.78. The molecule has 0 aromatic heterocycles. The molecule has 15 heavy (non-hydrogen) atoms. The largest absolute Gasteiger partial charge is 0.508 e. The quantitative estimate of drug-likeness (QED) is 0.782. The molecule has 1 atom stereocenters. The molecule has 0 saturated heterocycles. The number of phenols is 1. The van der Waals surface area contributed by atoms with Gasteiger partial charge in [-0.15, -0.1) is 0 Å². The molecule has 2 N–H and O–H groups in total. The number of aromatic hydroxyl groups is 1. The molecule has 4 heteroatoms. The van der Waals surface area contributed by atoms with Crippen LogP contribution in [0.4, 0.5) is 0 Å². The van der Waals surface area contributed by atoms with Gasteiger partial charge in [0, 0.05) is 0 Å². The topological polar surface area (TPSA) is 81.3 Å². The highest BCUT2D eigenvalue weighted by molar-refractivity contribution is 5.76. The fourth-order valence-electron chi connectivity index (χ4n) is 0.973. The highest BCUT2D eigenvalue weighted by Crippen LogP contribution is 2.11. The van der Waals surface area contributed by atoms with E-state index in [0.29, 0.717) is 0 Å². The zero-order valence-electron chi connectivity index (χ0n) is 7.79. The van der Waals surface area contributed by atoms with Crippen molar-refractivity contribution >= 4 is 12.0 Å². The molecule has 4 nitrogen and oxygen atoms in total. The lowest BCUT2D eigenvalue weighted by atomic mass is 10.1. The van der Waals surface area contributed by atoms with E-state index >= 15 is 0 Å². The Labute approximate surface area is 86.7 Å². The second-order valence-corrected chi connectivity index (χ2v) is 2.90. The molecular weight excluding hydrogens is 194 g/mol. The number of hydrogen-bond acceptors (Lipinski definition) is 3. The lowest BCUT2D eigenvalue weighted by molar-refractivity contribution is -0.138. The minimum atomic E-state index is -1.17. The van der Waals surface area contributed by atoms with Crippen molar-refractivity contribution in [3.05, 3.63) is 35.9 Å². The number of carbonyl (C=O) groups is 1. The van der Waals surface area contributed by atoms with E-state index < -0.39 is 11.9 Å². The van der Waals surface area contributed by atoms with Crippen LogP contribution >= 0.6 is 0 Å². The number of carboxylic acids is 1. The first kappa shape index (κ1) is 10.8. The normalized spacial score (nSPS) is 12.2. The van der Waals surface area contributed by atoms with E-state index in [1.54, 1.807) is 18.2 Å². The monoisotopic (exact) mass is 203 g/mol. The second-order valence-electron chi connectivity index (χ2n) is 2.90. The average Bonchev–Trinajstić information content (AvgIpc) is 2.21. The molecular formula is C11H9NO3. The molecule has 0 amide bonds. The van der Waals surface area contributed by atoms with Gasteiger partial charge in [0.25, 0.3) is 0 Å². The van der Waals surface area contributed by atoms with Gasteiger partial charge in [-0.1, -0.05) is 24.3 Å². The molecule has 1 aromatic rings. The number of nitrogens with zero attached hydrogens (tertiary/aromatic N) is 1. The number of hydrogen-bond donors (Lipinski definition) is 2. The van der Waals surface area contributed by atoms with Crippen LogP contribution in [0.2, 0.25) is 0 Å². The molecule has 0 aliphatic carbocycles. The standard InChI is InChI=1S/C11H9NO3/c12-7-9(11(14)15)4-1-8-2-5-10(13)6-3-8/h1-6,9,13H,(H,14,15)/b4-1+. The summed E-state index contributed by atoms with van der Waals surface area (Å²) in [6.45, 7) is 0. The van der Waals surface area contributed by atoms with E-state index in [2.05, 4.69) is 0 Å². The highest BCUT2D eigenvalue weighted by atomic mass is 16.4. The van der Waals surface area contributed by atoms with E-state index in [1.807, 2.05) is 0 Å². The van der Waals surface area contributed by atoms with Crippen LogP contribution in [0.1, 0.15) is 5.56 Å². The number of nitriles is 1. The number of benzene rings is 1. The lowest BCUT2D eigenvalue weighted by Crippen LogP contribution is -2.07. The molecule has 76 valence electrons. The summed E-state index contributed by atoms with van der Waals surface area (Å²) in [7, 11) is 0. The molecule has 0 bridgehead atoms. The summed E-state index contributed by atoms with van der Waals surface area (Å²) in [4.78, 5) is 10.5. The predicted octanol–water partition coefficient (Wildman–Crippen LogP) is 1.63. The molecule has 0 aliphatic heterocycles.